The van der Waals surface area contributed by atoms with Crippen LogP contribution in [0.1, 0.15) is 12.0 Å². The summed E-state index contributed by atoms with van der Waals surface area (Å²) < 4.78 is 6.26. The van der Waals surface area contributed by atoms with Crippen molar-refractivity contribution in [3.63, 3.8) is 0 Å². The van der Waals surface area contributed by atoms with Gasteiger partial charge in [-0.05, 0) is 31.5 Å². The van der Waals surface area contributed by atoms with Crippen molar-refractivity contribution in [3.05, 3.63) is 74.5 Å². The number of anilines is 1. The van der Waals surface area contributed by atoms with E-state index in [1.807, 2.05) is 31.2 Å². The summed E-state index contributed by atoms with van der Waals surface area (Å²) in [5.41, 5.74) is 3.98. The Labute approximate surface area is 201 Å². The topological polar surface area (TPSA) is 90.4 Å². The van der Waals surface area contributed by atoms with Gasteiger partial charge in [-0.2, -0.15) is 0 Å². The molecule has 0 atom stereocenters. The maximum atomic E-state index is 13.7. The molecule has 0 radical (unpaired) electrons. The third-order valence-electron chi connectivity index (χ3n) is 7.04. The van der Waals surface area contributed by atoms with Crippen LogP contribution in [0, 0.1) is 6.92 Å². The van der Waals surface area contributed by atoms with Gasteiger partial charge in [0, 0.05) is 55.2 Å². The van der Waals surface area contributed by atoms with E-state index in [-0.39, 0.29) is 10.9 Å². The van der Waals surface area contributed by atoms with E-state index in [0.717, 1.165) is 50.2 Å². The summed E-state index contributed by atoms with van der Waals surface area (Å²) in [4.78, 5) is 33.3. The zero-order valence-corrected chi connectivity index (χ0v) is 19.7. The van der Waals surface area contributed by atoms with Gasteiger partial charge in [0.1, 0.15) is 0 Å². The van der Waals surface area contributed by atoms with Gasteiger partial charge < -0.3 is 24.9 Å². The van der Waals surface area contributed by atoms with Crippen LogP contribution in [0.3, 0.4) is 0 Å². The Kier molecular flexibility index (Phi) is 5.51. The smallest absolute Gasteiger partial charge is 0.196 e. The Bertz CT molecular complexity index is 1700. The van der Waals surface area contributed by atoms with Crippen LogP contribution in [-0.2, 0) is 0 Å². The number of aromatic nitrogens is 1. The summed E-state index contributed by atoms with van der Waals surface area (Å²) >= 11 is 0. The summed E-state index contributed by atoms with van der Waals surface area (Å²) in [5.74, 6) is 0. The summed E-state index contributed by atoms with van der Waals surface area (Å²) in [6.07, 6.45) is 0.936. The van der Waals surface area contributed by atoms with E-state index in [1.54, 1.807) is 24.3 Å². The van der Waals surface area contributed by atoms with Gasteiger partial charge in [-0.25, -0.2) is 0 Å². The molecule has 0 bridgehead atoms. The third kappa shape index (κ3) is 3.77. The molecule has 7 heteroatoms. The van der Waals surface area contributed by atoms with Crippen LogP contribution >= 0.6 is 0 Å². The molecule has 1 aliphatic heterocycles. The number of hydrogen-bond acceptors (Lipinski definition) is 6. The summed E-state index contributed by atoms with van der Waals surface area (Å²) in [6, 6.07) is 14.7. The first-order valence-corrected chi connectivity index (χ1v) is 12.2. The first-order valence-electron chi connectivity index (χ1n) is 12.2. The van der Waals surface area contributed by atoms with Gasteiger partial charge in [0.15, 0.2) is 22.0 Å². The van der Waals surface area contributed by atoms with Gasteiger partial charge in [-0.15, -0.1) is 0 Å². The standard InChI is InChI=1S/C28H28N4O3/c1-17-6-4-9-21-25(17)31-26-22(35-21)16-20(30-10-5-13-32-14-11-29-12-15-32)23-24(26)28(34)19-8-3-2-7-18(19)27(23)33/h2-4,6-9,16,29-31H,5,10-15H2,1H3. The van der Waals surface area contributed by atoms with Crippen molar-refractivity contribution in [2.75, 3.05) is 44.6 Å². The Hall–Kier alpha value is -3.68. The van der Waals surface area contributed by atoms with Crippen LogP contribution in [0.15, 0.2) is 62.5 Å². The number of para-hydroxylation sites is 1. The van der Waals surface area contributed by atoms with Crippen molar-refractivity contribution in [1.29, 1.82) is 0 Å². The molecule has 0 unspecified atom stereocenters. The zero-order chi connectivity index (χ0) is 23.9. The highest BCUT2D eigenvalue weighted by Gasteiger charge is 2.19. The number of benzene rings is 4. The quantitative estimate of drug-likeness (QED) is 0.206. The lowest BCUT2D eigenvalue weighted by molar-refractivity contribution is 0.240. The van der Waals surface area contributed by atoms with Crippen molar-refractivity contribution >= 4 is 49.4 Å². The maximum Gasteiger partial charge on any atom is 0.196 e. The van der Waals surface area contributed by atoms with Crippen molar-refractivity contribution in [2.45, 2.75) is 13.3 Å². The van der Waals surface area contributed by atoms with Gasteiger partial charge >= 0.3 is 0 Å². The molecule has 1 saturated heterocycles. The number of rotatable bonds is 5. The molecule has 2 heterocycles. The molecule has 35 heavy (non-hydrogen) atoms. The lowest BCUT2D eigenvalue weighted by Gasteiger charge is -2.27. The minimum Gasteiger partial charge on any atom is -0.453 e. The second-order valence-electron chi connectivity index (χ2n) is 9.30. The Morgan fingerprint density at radius 2 is 1.66 bits per heavy atom. The van der Waals surface area contributed by atoms with E-state index in [4.69, 9.17) is 4.42 Å². The predicted molar refractivity (Wildman–Crippen MR) is 143 cm³/mol. The van der Waals surface area contributed by atoms with Gasteiger partial charge in [0.25, 0.3) is 0 Å². The van der Waals surface area contributed by atoms with Crippen LogP contribution in [0.2, 0.25) is 0 Å². The van der Waals surface area contributed by atoms with Crippen LogP contribution in [0.5, 0.6) is 0 Å². The number of fused-ring (bicyclic) bond motifs is 5. The van der Waals surface area contributed by atoms with Crippen molar-refractivity contribution in [3.8, 4) is 0 Å². The molecule has 7 nitrogen and oxygen atoms in total. The van der Waals surface area contributed by atoms with Gasteiger partial charge in [0.05, 0.1) is 21.8 Å². The number of aryl methyl sites for hydroxylation is 1. The minimum absolute atomic E-state index is 0.139. The fraction of sp³-hybridized carbons (Fsp3) is 0.286. The molecule has 178 valence electrons. The van der Waals surface area contributed by atoms with Crippen molar-refractivity contribution in [1.82, 2.24) is 15.2 Å². The Morgan fingerprint density at radius 3 is 2.43 bits per heavy atom. The Morgan fingerprint density at radius 1 is 0.914 bits per heavy atom. The minimum atomic E-state index is -0.163. The highest BCUT2D eigenvalue weighted by molar-refractivity contribution is 6.14. The molecule has 0 amide bonds. The number of piperazine rings is 1. The largest absolute Gasteiger partial charge is 0.453 e. The average molecular weight is 469 g/mol. The lowest BCUT2D eigenvalue weighted by Crippen LogP contribution is -2.44. The average Bonchev–Trinajstić information content (AvgIpc) is 2.89. The number of hydrogen-bond donors (Lipinski definition) is 3. The van der Waals surface area contributed by atoms with Crippen LogP contribution in [0.4, 0.5) is 5.69 Å². The van der Waals surface area contributed by atoms with Gasteiger partial charge in [-0.1, -0.05) is 36.4 Å². The van der Waals surface area contributed by atoms with E-state index in [9.17, 15) is 9.59 Å². The van der Waals surface area contributed by atoms with Crippen molar-refractivity contribution < 1.29 is 4.42 Å². The SMILES string of the molecule is Cc1cccc2oc3cc(NCCCN4CCNCC4)c4c(=O)c5ccccc5c(=O)c4c3[nH]c12. The number of nitrogens with one attached hydrogen (secondary N) is 3. The maximum absolute atomic E-state index is 13.7. The van der Waals surface area contributed by atoms with E-state index in [0.29, 0.717) is 50.5 Å². The molecule has 3 N–H and O–H groups in total. The molecule has 5 aromatic rings. The molecular weight excluding hydrogens is 440 g/mol. The highest BCUT2D eigenvalue weighted by Crippen LogP contribution is 2.31. The summed E-state index contributed by atoms with van der Waals surface area (Å²) in [5, 5.41) is 8.51. The fourth-order valence-corrected chi connectivity index (χ4v) is 5.20. The molecular formula is C28H28N4O3. The fourth-order valence-electron chi connectivity index (χ4n) is 5.20. The molecule has 4 aromatic carbocycles. The molecule has 1 aliphatic rings. The monoisotopic (exact) mass is 468 g/mol. The van der Waals surface area contributed by atoms with Crippen LogP contribution in [0.25, 0.3) is 43.7 Å². The number of aromatic amines is 1. The normalized spacial score (nSPS) is 14.9. The molecule has 6 rings (SSSR count). The first-order chi connectivity index (χ1) is 17.1. The van der Waals surface area contributed by atoms with Gasteiger partial charge in [-0.3, -0.25) is 9.59 Å². The molecule has 0 aliphatic carbocycles. The second kappa shape index (κ2) is 8.83. The van der Waals surface area contributed by atoms with E-state index < -0.39 is 0 Å². The number of nitrogens with zero attached hydrogens (tertiary/aromatic N) is 1. The van der Waals surface area contributed by atoms with E-state index >= 15 is 0 Å². The lowest BCUT2D eigenvalue weighted by atomic mass is 9.99. The Balaban J connectivity index is 1.53. The second-order valence-corrected chi connectivity index (χ2v) is 9.30. The first kappa shape index (κ1) is 21.8. The summed E-state index contributed by atoms with van der Waals surface area (Å²) in [6.45, 7) is 7.82. The molecule has 0 saturated carbocycles. The van der Waals surface area contributed by atoms with Gasteiger partial charge in [0.2, 0.25) is 0 Å². The van der Waals surface area contributed by atoms with E-state index in [1.165, 1.54) is 0 Å². The summed E-state index contributed by atoms with van der Waals surface area (Å²) in [7, 11) is 0. The predicted octanol–water partition coefficient (Wildman–Crippen LogP) is 3.96. The van der Waals surface area contributed by atoms with Crippen molar-refractivity contribution in [2.24, 2.45) is 0 Å². The molecule has 1 fully saturated rings. The highest BCUT2D eigenvalue weighted by atomic mass is 16.3. The molecule has 1 aromatic heterocycles. The number of H-pyrrole nitrogens is 1. The zero-order valence-electron chi connectivity index (χ0n) is 19.7. The van der Waals surface area contributed by atoms with Crippen LogP contribution in [-0.4, -0.2) is 49.2 Å². The van der Waals surface area contributed by atoms with E-state index in [2.05, 4.69) is 20.5 Å². The third-order valence-corrected chi connectivity index (χ3v) is 7.04. The molecule has 0 spiro atoms. The van der Waals surface area contributed by atoms with Crippen LogP contribution < -0.4 is 21.5 Å².